The van der Waals surface area contributed by atoms with E-state index in [0.29, 0.717) is 6.42 Å². The number of aliphatic hydroxyl groups excluding tert-OH is 8. The number of nitrogens with one attached hydrogen (secondary N) is 1. The topological polar surface area (TPSA) is 228 Å². The molecule has 14 heteroatoms. The predicted molar refractivity (Wildman–Crippen MR) is 272 cm³/mol. The van der Waals surface area contributed by atoms with Gasteiger partial charge in [-0.05, 0) is 64.2 Å². The Morgan fingerprint density at radius 3 is 1.54 bits per heavy atom. The summed E-state index contributed by atoms with van der Waals surface area (Å²) in [5.41, 5.74) is 0. The van der Waals surface area contributed by atoms with Gasteiger partial charge >= 0.3 is 0 Å². The molecule has 2 aliphatic heterocycles. The van der Waals surface area contributed by atoms with Crippen LogP contribution in [0.1, 0.15) is 174 Å². The minimum Gasteiger partial charge on any atom is -0.394 e. The van der Waals surface area contributed by atoms with E-state index < -0.39 is 86.8 Å². The van der Waals surface area contributed by atoms with E-state index in [1.54, 1.807) is 6.08 Å². The van der Waals surface area contributed by atoms with Crippen LogP contribution >= 0.6 is 0 Å². The Hall–Kier alpha value is -2.57. The van der Waals surface area contributed by atoms with Gasteiger partial charge in [0.25, 0.3) is 0 Å². The van der Waals surface area contributed by atoms with Crippen LogP contribution in [0.5, 0.6) is 0 Å². The highest BCUT2D eigenvalue weighted by Crippen LogP contribution is 2.30. The van der Waals surface area contributed by atoms with Crippen LogP contribution in [0.25, 0.3) is 0 Å². The van der Waals surface area contributed by atoms with Crippen molar-refractivity contribution in [2.45, 2.75) is 248 Å². The van der Waals surface area contributed by atoms with Crippen molar-refractivity contribution in [1.29, 1.82) is 0 Å². The van der Waals surface area contributed by atoms with Crippen molar-refractivity contribution in [2.75, 3.05) is 19.8 Å². The second kappa shape index (κ2) is 41.0. The van der Waals surface area contributed by atoms with E-state index in [2.05, 4.69) is 79.9 Å². The van der Waals surface area contributed by atoms with Crippen LogP contribution in [0.2, 0.25) is 0 Å². The van der Waals surface area contributed by atoms with E-state index in [4.69, 9.17) is 18.9 Å². The lowest BCUT2D eigenvalue weighted by Gasteiger charge is -2.46. The van der Waals surface area contributed by atoms with Crippen molar-refractivity contribution in [1.82, 2.24) is 5.32 Å². The summed E-state index contributed by atoms with van der Waals surface area (Å²) in [5, 5.41) is 86.7. The normalized spacial score (nSPS) is 26.8. The van der Waals surface area contributed by atoms with Crippen LogP contribution in [0.3, 0.4) is 0 Å². The number of hydrogen-bond donors (Lipinski definition) is 9. The number of hydrogen-bond acceptors (Lipinski definition) is 13. The third-order valence-corrected chi connectivity index (χ3v) is 12.6. The molecular formula is C55H95NO13. The lowest BCUT2D eigenvalue weighted by Crippen LogP contribution is -2.65. The third kappa shape index (κ3) is 27.7. The molecule has 2 saturated heterocycles. The summed E-state index contributed by atoms with van der Waals surface area (Å²) in [4.78, 5) is 13.2. The van der Waals surface area contributed by atoms with Crippen molar-refractivity contribution in [3.8, 4) is 0 Å². The van der Waals surface area contributed by atoms with Crippen LogP contribution in [0.4, 0.5) is 0 Å². The molecule has 0 aromatic heterocycles. The first-order valence-electron chi connectivity index (χ1n) is 26.7. The molecule has 12 atom stereocenters. The average molecular weight is 978 g/mol. The fourth-order valence-corrected chi connectivity index (χ4v) is 8.32. The van der Waals surface area contributed by atoms with Crippen molar-refractivity contribution in [3.63, 3.8) is 0 Å². The van der Waals surface area contributed by atoms with Gasteiger partial charge in [0.15, 0.2) is 12.6 Å². The van der Waals surface area contributed by atoms with Gasteiger partial charge in [0.05, 0.1) is 32.0 Å². The summed E-state index contributed by atoms with van der Waals surface area (Å²) in [6.07, 6.45) is 35.2. The fourth-order valence-electron chi connectivity index (χ4n) is 8.32. The molecule has 2 fully saturated rings. The Bertz CT molecular complexity index is 1430. The van der Waals surface area contributed by atoms with E-state index in [1.807, 2.05) is 6.08 Å². The lowest BCUT2D eigenvalue weighted by molar-refractivity contribution is -0.359. The molecule has 1 amide bonds. The van der Waals surface area contributed by atoms with Crippen LogP contribution in [0, 0.1) is 0 Å². The minimum absolute atomic E-state index is 0.252. The standard InChI is InChI=1S/C55H95NO13/c1-3-5-7-9-11-13-15-16-17-18-19-20-21-22-23-24-25-26-27-28-29-31-33-35-37-39-47(60)56-43(44(59)38-36-34-32-30-14-12-10-8-6-4-2)42-66-54-52(65)50(63)53(46(41-58)68-54)69-55-51(64)49(62)48(61)45(40-57)67-55/h5,7,11,13,16-17,19-20,22-23,36,38,43-46,48-55,57-59,61-65H,3-4,6,8-10,12,14-15,18,21,24-35,37,39-42H2,1-2H3,(H,56,60)/b7-5-,13-11-,17-16-,20-19-,23-22-,38-36+. The maximum Gasteiger partial charge on any atom is 0.220 e. The van der Waals surface area contributed by atoms with Crippen molar-refractivity contribution in [3.05, 3.63) is 72.9 Å². The molecule has 2 aliphatic rings. The molecule has 14 nitrogen and oxygen atoms in total. The Balaban J connectivity index is 1.75. The number of unbranched alkanes of at least 4 members (excludes halogenated alkanes) is 17. The zero-order valence-electron chi connectivity index (χ0n) is 42.3. The third-order valence-electron chi connectivity index (χ3n) is 12.6. The molecule has 2 rings (SSSR count). The quantitative estimate of drug-likeness (QED) is 0.0213. The number of aliphatic hydroxyl groups is 8. The van der Waals surface area contributed by atoms with E-state index >= 15 is 0 Å². The molecule has 0 radical (unpaired) electrons. The Labute approximate surface area is 415 Å². The number of carbonyl (C=O) groups is 1. The van der Waals surface area contributed by atoms with Crippen LogP contribution in [-0.4, -0.2) is 140 Å². The van der Waals surface area contributed by atoms with E-state index in [0.717, 1.165) is 77.0 Å². The molecule has 0 aliphatic carbocycles. The van der Waals surface area contributed by atoms with Gasteiger partial charge in [-0.15, -0.1) is 0 Å². The fraction of sp³-hybridized carbons (Fsp3) is 0.764. The predicted octanol–water partition coefficient (Wildman–Crippen LogP) is 7.60. The SMILES string of the molecule is CC/C=C\C/C=C\C/C=C\C/C=C\C/C=C\CCCCCCCCCCCC(=O)NC(COC1OC(CO)C(OC2OC(CO)C(O)C(O)C2O)C(O)C1O)C(O)/C=C/CCCCCCCCCC. The first-order chi connectivity index (χ1) is 33.6. The minimum atomic E-state index is -1.79. The van der Waals surface area contributed by atoms with Gasteiger partial charge in [-0.1, -0.05) is 177 Å². The summed E-state index contributed by atoms with van der Waals surface area (Å²) < 4.78 is 22.7. The number of allylic oxidation sites excluding steroid dienone is 11. The highest BCUT2D eigenvalue weighted by Gasteiger charge is 2.51. The Morgan fingerprint density at radius 1 is 0.536 bits per heavy atom. The molecule has 0 aromatic rings. The second-order valence-corrected chi connectivity index (χ2v) is 18.6. The van der Waals surface area contributed by atoms with Gasteiger partial charge in [-0.25, -0.2) is 0 Å². The summed E-state index contributed by atoms with van der Waals surface area (Å²) in [5.74, 6) is -0.252. The van der Waals surface area contributed by atoms with Gasteiger partial charge in [0, 0.05) is 6.42 Å². The van der Waals surface area contributed by atoms with Crippen molar-refractivity contribution < 1.29 is 64.6 Å². The molecule has 398 valence electrons. The summed E-state index contributed by atoms with van der Waals surface area (Å²) >= 11 is 0. The maximum absolute atomic E-state index is 13.2. The number of rotatable bonds is 40. The second-order valence-electron chi connectivity index (χ2n) is 18.6. The zero-order chi connectivity index (χ0) is 50.3. The lowest BCUT2D eigenvalue weighted by atomic mass is 9.97. The van der Waals surface area contributed by atoms with Crippen molar-refractivity contribution in [2.24, 2.45) is 0 Å². The summed E-state index contributed by atoms with van der Waals surface area (Å²) in [6, 6.07) is -0.920. The molecular weight excluding hydrogens is 883 g/mol. The smallest absolute Gasteiger partial charge is 0.220 e. The monoisotopic (exact) mass is 978 g/mol. The maximum atomic E-state index is 13.2. The summed E-state index contributed by atoms with van der Waals surface area (Å²) in [7, 11) is 0. The van der Waals surface area contributed by atoms with Crippen LogP contribution < -0.4 is 5.32 Å². The summed E-state index contributed by atoms with van der Waals surface area (Å²) in [6.45, 7) is 2.63. The molecule has 12 unspecified atom stereocenters. The van der Waals surface area contributed by atoms with Gasteiger partial charge in [-0.3, -0.25) is 4.79 Å². The first kappa shape index (κ1) is 62.5. The van der Waals surface area contributed by atoms with E-state index in [9.17, 15) is 45.6 Å². The average Bonchev–Trinajstić information content (AvgIpc) is 3.35. The van der Waals surface area contributed by atoms with Crippen molar-refractivity contribution >= 4 is 5.91 Å². The molecule has 9 N–H and O–H groups in total. The Morgan fingerprint density at radius 2 is 1.00 bits per heavy atom. The highest BCUT2D eigenvalue weighted by molar-refractivity contribution is 5.76. The highest BCUT2D eigenvalue weighted by atomic mass is 16.7. The first-order valence-corrected chi connectivity index (χ1v) is 26.7. The molecule has 69 heavy (non-hydrogen) atoms. The molecule has 2 heterocycles. The zero-order valence-corrected chi connectivity index (χ0v) is 42.3. The Kier molecular flexibility index (Phi) is 37.1. The van der Waals surface area contributed by atoms with E-state index in [1.165, 1.54) is 70.6 Å². The van der Waals surface area contributed by atoms with Crippen LogP contribution in [0.15, 0.2) is 72.9 Å². The van der Waals surface area contributed by atoms with E-state index in [-0.39, 0.29) is 18.9 Å². The number of carbonyl (C=O) groups excluding carboxylic acids is 1. The van der Waals surface area contributed by atoms with Gasteiger partial charge in [0.1, 0.15) is 48.8 Å². The number of ether oxygens (including phenoxy) is 4. The largest absolute Gasteiger partial charge is 0.394 e. The van der Waals surface area contributed by atoms with Gasteiger partial charge in [-0.2, -0.15) is 0 Å². The molecule has 0 saturated carbocycles. The van der Waals surface area contributed by atoms with Gasteiger partial charge < -0.3 is 65.1 Å². The molecule has 0 aromatic carbocycles. The molecule has 0 bridgehead atoms. The number of amides is 1. The van der Waals surface area contributed by atoms with Crippen LogP contribution in [-0.2, 0) is 23.7 Å². The van der Waals surface area contributed by atoms with Gasteiger partial charge in [0.2, 0.25) is 5.91 Å². The molecule has 0 spiro atoms.